The summed E-state index contributed by atoms with van der Waals surface area (Å²) in [5.41, 5.74) is 2.39. The second kappa shape index (κ2) is 3.64. The minimum absolute atomic E-state index is 0.443. The molecule has 0 unspecified atom stereocenters. The molecule has 2 aromatic rings. The molecule has 70 valence electrons. The molecule has 1 heterocycles. The zero-order valence-electron chi connectivity index (χ0n) is 7.20. The zero-order valence-corrected chi connectivity index (χ0v) is 7.95. The number of hydrogen-bond acceptors (Lipinski definition) is 2. The lowest BCUT2D eigenvalue weighted by molar-refractivity contribution is 0.108. The van der Waals surface area contributed by atoms with E-state index in [1.54, 1.807) is 18.3 Å². The number of rotatable bonds is 2. The van der Waals surface area contributed by atoms with Crippen LogP contribution in [-0.2, 0) is 0 Å². The highest BCUT2D eigenvalue weighted by Crippen LogP contribution is 2.17. The summed E-state index contributed by atoms with van der Waals surface area (Å²) in [5, 5.41) is 6.23. The summed E-state index contributed by atoms with van der Waals surface area (Å²) in [6.07, 6.45) is 1.68. The van der Waals surface area contributed by atoms with E-state index < -0.39 is 5.24 Å². The van der Waals surface area contributed by atoms with Crippen molar-refractivity contribution in [1.82, 2.24) is 10.2 Å². The Labute approximate surface area is 85.7 Å². The summed E-state index contributed by atoms with van der Waals surface area (Å²) in [4.78, 5) is 10.8. The van der Waals surface area contributed by atoms with Crippen molar-refractivity contribution in [2.45, 2.75) is 0 Å². The molecule has 0 bridgehead atoms. The van der Waals surface area contributed by atoms with Crippen LogP contribution in [0.1, 0.15) is 10.4 Å². The van der Waals surface area contributed by atoms with Crippen LogP contribution < -0.4 is 0 Å². The largest absolute Gasteiger partial charge is 0.278 e. The van der Waals surface area contributed by atoms with Crippen molar-refractivity contribution in [3.63, 3.8) is 0 Å². The van der Waals surface area contributed by atoms with Crippen molar-refractivity contribution >= 4 is 16.8 Å². The van der Waals surface area contributed by atoms with Gasteiger partial charge in [-0.1, -0.05) is 12.1 Å². The highest BCUT2D eigenvalue weighted by molar-refractivity contribution is 6.67. The average molecular weight is 207 g/mol. The second-order valence-electron chi connectivity index (χ2n) is 2.82. The van der Waals surface area contributed by atoms with Crippen LogP contribution in [0.5, 0.6) is 0 Å². The van der Waals surface area contributed by atoms with Crippen molar-refractivity contribution in [3.05, 3.63) is 42.1 Å². The molecule has 0 spiro atoms. The van der Waals surface area contributed by atoms with Crippen LogP contribution in [0.2, 0.25) is 0 Å². The summed E-state index contributed by atoms with van der Waals surface area (Å²) >= 11 is 5.32. The Balaban J connectivity index is 2.36. The van der Waals surface area contributed by atoms with Gasteiger partial charge in [0.2, 0.25) is 0 Å². The number of nitrogens with zero attached hydrogens (tertiary/aromatic N) is 1. The van der Waals surface area contributed by atoms with E-state index in [1.165, 1.54) is 0 Å². The highest BCUT2D eigenvalue weighted by atomic mass is 35.5. The van der Waals surface area contributed by atoms with Gasteiger partial charge in [0, 0.05) is 11.8 Å². The first-order valence-corrected chi connectivity index (χ1v) is 4.45. The number of carbonyl (C=O) groups excluding carboxylic acids is 1. The Bertz CT molecular complexity index is 434. The van der Waals surface area contributed by atoms with Crippen LogP contribution in [-0.4, -0.2) is 15.4 Å². The van der Waals surface area contributed by atoms with Crippen LogP contribution in [0.25, 0.3) is 11.3 Å². The van der Waals surface area contributed by atoms with E-state index in [9.17, 15) is 4.79 Å². The first-order valence-electron chi connectivity index (χ1n) is 4.07. The Morgan fingerprint density at radius 2 is 1.93 bits per heavy atom. The Hall–Kier alpha value is -1.61. The van der Waals surface area contributed by atoms with Gasteiger partial charge in [-0.3, -0.25) is 9.89 Å². The van der Waals surface area contributed by atoms with Gasteiger partial charge in [0.25, 0.3) is 5.24 Å². The lowest BCUT2D eigenvalue weighted by Gasteiger charge is -1.97. The molecule has 1 N–H and O–H groups in total. The minimum atomic E-state index is -0.443. The molecule has 0 saturated heterocycles. The number of carbonyl (C=O) groups is 1. The summed E-state index contributed by atoms with van der Waals surface area (Å²) in [7, 11) is 0. The lowest BCUT2D eigenvalue weighted by atomic mass is 10.1. The van der Waals surface area contributed by atoms with Gasteiger partial charge < -0.3 is 0 Å². The van der Waals surface area contributed by atoms with Crippen molar-refractivity contribution in [1.29, 1.82) is 0 Å². The maximum absolute atomic E-state index is 10.8. The summed E-state index contributed by atoms with van der Waals surface area (Å²) in [6, 6.07) is 8.88. The van der Waals surface area contributed by atoms with Gasteiger partial charge in [-0.05, 0) is 35.4 Å². The topological polar surface area (TPSA) is 45.8 Å². The van der Waals surface area contributed by atoms with E-state index in [1.807, 2.05) is 18.2 Å². The molecule has 0 atom stereocenters. The third-order valence-electron chi connectivity index (χ3n) is 1.92. The zero-order chi connectivity index (χ0) is 9.97. The lowest BCUT2D eigenvalue weighted by Crippen LogP contribution is -1.87. The number of nitrogens with one attached hydrogen (secondary N) is 1. The maximum atomic E-state index is 10.8. The van der Waals surface area contributed by atoms with Crippen molar-refractivity contribution < 1.29 is 4.79 Å². The summed E-state index contributed by atoms with van der Waals surface area (Å²) in [6.45, 7) is 0. The van der Waals surface area contributed by atoms with Crippen LogP contribution >= 0.6 is 11.6 Å². The van der Waals surface area contributed by atoms with Gasteiger partial charge in [0.1, 0.15) is 0 Å². The van der Waals surface area contributed by atoms with Gasteiger partial charge >= 0.3 is 0 Å². The first kappa shape index (κ1) is 8.97. The summed E-state index contributed by atoms with van der Waals surface area (Å²) < 4.78 is 0. The Morgan fingerprint density at radius 1 is 1.21 bits per heavy atom. The van der Waals surface area contributed by atoms with Gasteiger partial charge in [0.15, 0.2) is 0 Å². The van der Waals surface area contributed by atoms with E-state index in [0.29, 0.717) is 5.56 Å². The molecule has 1 aromatic heterocycles. The summed E-state index contributed by atoms with van der Waals surface area (Å²) in [5.74, 6) is 0. The predicted octanol–water partition coefficient (Wildman–Crippen LogP) is 2.46. The van der Waals surface area contributed by atoms with Crippen LogP contribution in [0.15, 0.2) is 36.5 Å². The number of aromatic amines is 1. The molecule has 0 fully saturated rings. The number of halogens is 1. The number of H-pyrrole nitrogens is 1. The van der Waals surface area contributed by atoms with E-state index in [4.69, 9.17) is 11.6 Å². The third-order valence-corrected chi connectivity index (χ3v) is 2.14. The van der Waals surface area contributed by atoms with E-state index >= 15 is 0 Å². The molecule has 1 aromatic carbocycles. The highest BCUT2D eigenvalue weighted by Gasteiger charge is 2.02. The van der Waals surface area contributed by atoms with Crippen LogP contribution in [0.4, 0.5) is 0 Å². The SMILES string of the molecule is O=C(Cl)c1ccc(-c2ccn[nH]2)cc1. The number of aromatic nitrogens is 2. The predicted molar refractivity (Wildman–Crippen MR) is 54.2 cm³/mol. The normalized spacial score (nSPS) is 10.1. The third kappa shape index (κ3) is 1.67. The van der Waals surface area contributed by atoms with Crippen molar-refractivity contribution in [2.24, 2.45) is 0 Å². The van der Waals surface area contributed by atoms with Crippen LogP contribution in [0, 0.1) is 0 Å². The van der Waals surface area contributed by atoms with Gasteiger partial charge in [-0.2, -0.15) is 5.10 Å². The van der Waals surface area contributed by atoms with E-state index in [-0.39, 0.29) is 0 Å². The monoisotopic (exact) mass is 206 g/mol. The van der Waals surface area contributed by atoms with E-state index in [0.717, 1.165) is 11.3 Å². The van der Waals surface area contributed by atoms with Crippen molar-refractivity contribution in [2.75, 3.05) is 0 Å². The molecular formula is C10H7ClN2O. The first-order chi connectivity index (χ1) is 6.77. The van der Waals surface area contributed by atoms with Crippen molar-refractivity contribution in [3.8, 4) is 11.3 Å². The molecule has 4 heteroatoms. The molecule has 2 rings (SSSR count). The Morgan fingerprint density at radius 3 is 2.43 bits per heavy atom. The van der Waals surface area contributed by atoms with Gasteiger partial charge in [0.05, 0.1) is 5.69 Å². The fraction of sp³-hybridized carbons (Fsp3) is 0. The van der Waals surface area contributed by atoms with Gasteiger partial charge in [-0.25, -0.2) is 0 Å². The molecule has 3 nitrogen and oxygen atoms in total. The second-order valence-corrected chi connectivity index (χ2v) is 3.16. The number of benzene rings is 1. The maximum Gasteiger partial charge on any atom is 0.252 e. The van der Waals surface area contributed by atoms with E-state index in [2.05, 4.69) is 10.2 Å². The Kier molecular flexibility index (Phi) is 2.33. The molecule has 14 heavy (non-hydrogen) atoms. The fourth-order valence-corrected chi connectivity index (χ4v) is 1.32. The molecule has 0 aliphatic carbocycles. The number of hydrogen-bond donors (Lipinski definition) is 1. The molecule has 0 aliphatic heterocycles. The standard InChI is InChI=1S/C10H7ClN2O/c11-10(14)8-3-1-7(2-4-8)9-5-6-12-13-9/h1-6H,(H,12,13). The molecule has 0 radical (unpaired) electrons. The van der Waals surface area contributed by atoms with Crippen LogP contribution in [0.3, 0.4) is 0 Å². The quantitative estimate of drug-likeness (QED) is 0.768. The molecule has 0 saturated carbocycles. The molecule has 0 aliphatic rings. The fourth-order valence-electron chi connectivity index (χ4n) is 1.20. The van der Waals surface area contributed by atoms with Gasteiger partial charge in [-0.15, -0.1) is 0 Å². The minimum Gasteiger partial charge on any atom is -0.278 e. The molecule has 0 amide bonds. The average Bonchev–Trinajstić information content (AvgIpc) is 2.71. The molecular weight excluding hydrogens is 200 g/mol. The smallest absolute Gasteiger partial charge is 0.252 e.